The molecular weight excluding hydrogens is 309 g/mol. The predicted molar refractivity (Wildman–Crippen MR) is 86.6 cm³/mol. The van der Waals surface area contributed by atoms with Crippen LogP contribution in [0.5, 0.6) is 0 Å². The van der Waals surface area contributed by atoms with Gasteiger partial charge in [0.2, 0.25) is 5.91 Å². The van der Waals surface area contributed by atoms with Crippen LogP contribution in [0.1, 0.15) is 31.2 Å². The van der Waals surface area contributed by atoms with Crippen LogP contribution in [0, 0.1) is 0 Å². The predicted octanol–water partition coefficient (Wildman–Crippen LogP) is 3.77. The van der Waals surface area contributed by atoms with Crippen molar-refractivity contribution in [2.75, 3.05) is 13.2 Å². The van der Waals surface area contributed by atoms with E-state index in [-0.39, 0.29) is 18.6 Å². The summed E-state index contributed by atoms with van der Waals surface area (Å²) in [5, 5.41) is 10.3. The first kappa shape index (κ1) is 16.3. The van der Waals surface area contributed by atoms with E-state index in [9.17, 15) is 4.79 Å². The van der Waals surface area contributed by atoms with E-state index in [4.69, 9.17) is 28.3 Å². The van der Waals surface area contributed by atoms with Gasteiger partial charge in [0.15, 0.2) is 0 Å². The summed E-state index contributed by atoms with van der Waals surface area (Å²) in [6.07, 6.45) is 7.49. The standard InChI is InChI=1S/C16H19Cl2NO2/c17-13-6-7-15(18)12(11-13)5-8-16(21)19(9-10-20)14-3-1-2-4-14/h5-8,11,14,20H,1-4,9-10H2. The highest BCUT2D eigenvalue weighted by Crippen LogP contribution is 2.25. The molecule has 0 heterocycles. The van der Waals surface area contributed by atoms with Gasteiger partial charge in [-0.05, 0) is 42.7 Å². The molecule has 3 nitrogen and oxygen atoms in total. The van der Waals surface area contributed by atoms with Gasteiger partial charge < -0.3 is 10.0 Å². The van der Waals surface area contributed by atoms with Gasteiger partial charge >= 0.3 is 0 Å². The fourth-order valence-electron chi connectivity index (χ4n) is 2.70. The highest BCUT2D eigenvalue weighted by atomic mass is 35.5. The van der Waals surface area contributed by atoms with Crippen LogP contribution in [-0.2, 0) is 4.79 Å². The summed E-state index contributed by atoms with van der Waals surface area (Å²) in [5.74, 6) is -0.0907. The van der Waals surface area contributed by atoms with E-state index in [1.54, 1.807) is 29.2 Å². The molecule has 1 aliphatic carbocycles. The van der Waals surface area contributed by atoms with Gasteiger partial charge in [-0.15, -0.1) is 0 Å². The van der Waals surface area contributed by atoms with Gasteiger partial charge in [0.25, 0.3) is 0 Å². The van der Waals surface area contributed by atoms with E-state index in [1.165, 1.54) is 6.08 Å². The van der Waals surface area contributed by atoms with E-state index in [2.05, 4.69) is 0 Å². The zero-order valence-corrected chi connectivity index (χ0v) is 13.3. The third kappa shape index (κ3) is 4.47. The molecule has 0 bridgehead atoms. The van der Waals surface area contributed by atoms with Crippen LogP contribution in [0.4, 0.5) is 0 Å². The summed E-state index contributed by atoms with van der Waals surface area (Å²) >= 11 is 12.0. The highest BCUT2D eigenvalue weighted by molar-refractivity contribution is 6.34. The molecule has 1 fully saturated rings. The molecule has 0 unspecified atom stereocenters. The van der Waals surface area contributed by atoms with Crippen LogP contribution >= 0.6 is 23.2 Å². The molecule has 114 valence electrons. The molecule has 1 saturated carbocycles. The van der Waals surface area contributed by atoms with Crippen molar-refractivity contribution in [3.05, 3.63) is 39.9 Å². The van der Waals surface area contributed by atoms with Crippen molar-refractivity contribution in [1.29, 1.82) is 0 Å². The second-order valence-corrected chi connectivity index (χ2v) is 6.04. The van der Waals surface area contributed by atoms with Crippen molar-refractivity contribution in [1.82, 2.24) is 4.90 Å². The zero-order valence-electron chi connectivity index (χ0n) is 11.8. The first-order valence-corrected chi connectivity index (χ1v) is 7.92. The average Bonchev–Trinajstić information content (AvgIpc) is 2.99. The maximum atomic E-state index is 12.3. The van der Waals surface area contributed by atoms with Crippen LogP contribution in [0.2, 0.25) is 10.0 Å². The molecule has 21 heavy (non-hydrogen) atoms. The Hall–Kier alpha value is -1.03. The molecule has 0 atom stereocenters. The minimum Gasteiger partial charge on any atom is -0.395 e. The van der Waals surface area contributed by atoms with Gasteiger partial charge in [0.05, 0.1) is 6.61 Å². The molecule has 1 amide bonds. The number of hydrogen-bond donors (Lipinski definition) is 1. The first-order chi connectivity index (χ1) is 10.1. The number of halogens is 2. The molecule has 1 aromatic rings. The van der Waals surface area contributed by atoms with Gasteiger partial charge in [-0.25, -0.2) is 0 Å². The van der Waals surface area contributed by atoms with Crippen molar-refractivity contribution in [2.45, 2.75) is 31.7 Å². The molecule has 0 radical (unpaired) electrons. The third-order valence-corrected chi connectivity index (χ3v) is 4.33. The Balaban J connectivity index is 2.10. The summed E-state index contributed by atoms with van der Waals surface area (Å²) < 4.78 is 0. The van der Waals surface area contributed by atoms with Gasteiger partial charge in [-0.3, -0.25) is 4.79 Å². The number of carbonyl (C=O) groups is 1. The Kier molecular flexibility index (Phi) is 6.09. The van der Waals surface area contributed by atoms with E-state index < -0.39 is 0 Å². The Morgan fingerprint density at radius 2 is 2.05 bits per heavy atom. The SMILES string of the molecule is O=C(C=Cc1cc(Cl)ccc1Cl)N(CCO)C1CCCC1. The Bertz CT molecular complexity index is 525. The van der Waals surface area contributed by atoms with Crippen LogP contribution < -0.4 is 0 Å². The highest BCUT2D eigenvalue weighted by Gasteiger charge is 2.24. The number of hydrogen-bond acceptors (Lipinski definition) is 2. The van der Waals surface area contributed by atoms with Crippen molar-refractivity contribution in [2.24, 2.45) is 0 Å². The molecule has 0 aromatic heterocycles. The number of rotatable bonds is 5. The summed E-state index contributed by atoms with van der Waals surface area (Å²) in [7, 11) is 0. The number of nitrogens with zero attached hydrogens (tertiary/aromatic N) is 1. The third-order valence-electron chi connectivity index (χ3n) is 3.75. The molecular formula is C16H19Cl2NO2. The number of benzene rings is 1. The largest absolute Gasteiger partial charge is 0.395 e. The molecule has 1 aliphatic rings. The lowest BCUT2D eigenvalue weighted by Gasteiger charge is -2.27. The number of amides is 1. The smallest absolute Gasteiger partial charge is 0.246 e. The topological polar surface area (TPSA) is 40.5 Å². The van der Waals surface area contributed by atoms with Gasteiger partial charge in [-0.1, -0.05) is 36.0 Å². The van der Waals surface area contributed by atoms with Gasteiger partial charge in [-0.2, -0.15) is 0 Å². The van der Waals surface area contributed by atoms with Crippen LogP contribution in [0.25, 0.3) is 6.08 Å². The molecule has 0 saturated heterocycles. The molecule has 2 rings (SSSR count). The average molecular weight is 328 g/mol. The van der Waals surface area contributed by atoms with E-state index in [1.807, 2.05) is 0 Å². The quantitative estimate of drug-likeness (QED) is 0.836. The van der Waals surface area contributed by atoms with Gasteiger partial charge in [0.1, 0.15) is 0 Å². The van der Waals surface area contributed by atoms with E-state index in [0.717, 1.165) is 25.7 Å². The molecule has 0 aliphatic heterocycles. The summed E-state index contributed by atoms with van der Waals surface area (Å²) in [4.78, 5) is 14.1. The molecule has 1 aromatic carbocycles. The molecule has 0 spiro atoms. The minimum atomic E-state index is -0.0907. The van der Waals surface area contributed by atoms with Crippen molar-refractivity contribution in [3.8, 4) is 0 Å². The Morgan fingerprint density at radius 3 is 2.71 bits per heavy atom. The Morgan fingerprint density at radius 1 is 1.33 bits per heavy atom. The lowest BCUT2D eigenvalue weighted by molar-refractivity contribution is -0.128. The maximum absolute atomic E-state index is 12.3. The lowest BCUT2D eigenvalue weighted by Crippen LogP contribution is -2.39. The second-order valence-electron chi connectivity index (χ2n) is 5.19. The monoisotopic (exact) mass is 327 g/mol. The fraction of sp³-hybridized carbons (Fsp3) is 0.438. The fourth-order valence-corrected chi connectivity index (χ4v) is 3.06. The number of carbonyl (C=O) groups excluding carboxylic acids is 1. The second kappa shape index (κ2) is 7.83. The van der Waals surface area contributed by atoms with Crippen LogP contribution in [0.15, 0.2) is 24.3 Å². The van der Waals surface area contributed by atoms with Crippen molar-refractivity contribution >= 4 is 35.2 Å². The van der Waals surface area contributed by atoms with E-state index in [0.29, 0.717) is 22.2 Å². The normalized spacial score (nSPS) is 15.8. The van der Waals surface area contributed by atoms with Gasteiger partial charge in [0, 0.05) is 28.7 Å². The lowest BCUT2D eigenvalue weighted by atomic mass is 10.1. The van der Waals surface area contributed by atoms with Crippen molar-refractivity contribution < 1.29 is 9.90 Å². The molecule has 5 heteroatoms. The summed E-state index contributed by atoms with van der Waals surface area (Å²) in [5.41, 5.74) is 0.716. The van der Waals surface area contributed by atoms with Crippen LogP contribution in [-0.4, -0.2) is 35.1 Å². The first-order valence-electron chi connectivity index (χ1n) is 7.16. The number of aliphatic hydroxyl groups excluding tert-OH is 1. The van der Waals surface area contributed by atoms with Crippen LogP contribution in [0.3, 0.4) is 0 Å². The summed E-state index contributed by atoms with van der Waals surface area (Å²) in [6, 6.07) is 5.37. The Labute approximate surface area is 135 Å². The zero-order chi connectivity index (χ0) is 15.2. The van der Waals surface area contributed by atoms with E-state index >= 15 is 0 Å². The van der Waals surface area contributed by atoms with Crippen molar-refractivity contribution in [3.63, 3.8) is 0 Å². The maximum Gasteiger partial charge on any atom is 0.246 e. The summed E-state index contributed by atoms with van der Waals surface area (Å²) in [6.45, 7) is 0.352. The number of aliphatic hydroxyl groups is 1. The molecule has 1 N–H and O–H groups in total. The minimum absolute atomic E-state index is 0.0198.